The SMILES string of the molecule is O=C(COC(=O)CCc1nc(-c2ccccn2)no1)NCCC1=CCCCC1. The molecule has 148 valence electrons. The van der Waals surface area contributed by atoms with Crippen molar-refractivity contribution in [3.8, 4) is 11.5 Å². The number of hydrogen-bond donors (Lipinski definition) is 1. The molecule has 28 heavy (non-hydrogen) atoms. The predicted octanol–water partition coefficient (Wildman–Crippen LogP) is 2.61. The molecule has 0 radical (unpaired) electrons. The molecule has 8 heteroatoms. The quantitative estimate of drug-likeness (QED) is 0.523. The van der Waals surface area contributed by atoms with Crippen LogP contribution < -0.4 is 5.32 Å². The van der Waals surface area contributed by atoms with Crippen molar-refractivity contribution in [1.29, 1.82) is 0 Å². The topological polar surface area (TPSA) is 107 Å². The number of esters is 1. The monoisotopic (exact) mass is 384 g/mol. The first-order valence-electron chi connectivity index (χ1n) is 9.55. The van der Waals surface area contributed by atoms with Gasteiger partial charge in [0.2, 0.25) is 11.7 Å². The highest BCUT2D eigenvalue weighted by Gasteiger charge is 2.13. The van der Waals surface area contributed by atoms with Crippen LogP contribution in [-0.2, 0) is 20.7 Å². The van der Waals surface area contributed by atoms with Crippen LogP contribution >= 0.6 is 0 Å². The summed E-state index contributed by atoms with van der Waals surface area (Å²) in [6.45, 7) is 0.293. The molecule has 0 aromatic carbocycles. The third-order valence-electron chi connectivity index (χ3n) is 4.42. The summed E-state index contributed by atoms with van der Waals surface area (Å²) in [4.78, 5) is 31.9. The number of nitrogens with zero attached hydrogens (tertiary/aromatic N) is 3. The lowest BCUT2D eigenvalue weighted by Crippen LogP contribution is -2.29. The van der Waals surface area contributed by atoms with Gasteiger partial charge < -0.3 is 14.6 Å². The van der Waals surface area contributed by atoms with Gasteiger partial charge in [-0.1, -0.05) is 22.9 Å². The predicted molar refractivity (Wildman–Crippen MR) is 101 cm³/mol. The molecule has 2 heterocycles. The maximum Gasteiger partial charge on any atom is 0.306 e. The van der Waals surface area contributed by atoms with Gasteiger partial charge in [-0.3, -0.25) is 14.6 Å². The second-order valence-electron chi connectivity index (χ2n) is 6.60. The smallest absolute Gasteiger partial charge is 0.306 e. The summed E-state index contributed by atoms with van der Waals surface area (Å²) in [5.74, 6) is -0.0815. The Balaban J connectivity index is 1.31. The van der Waals surface area contributed by atoms with Crippen molar-refractivity contribution in [3.05, 3.63) is 41.9 Å². The molecule has 1 aliphatic carbocycles. The molecule has 0 spiro atoms. The molecule has 1 N–H and O–H groups in total. The van der Waals surface area contributed by atoms with E-state index in [1.54, 1.807) is 18.3 Å². The number of aryl methyl sites for hydroxylation is 1. The van der Waals surface area contributed by atoms with E-state index in [0.29, 0.717) is 24.0 Å². The summed E-state index contributed by atoms with van der Waals surface area (Å²) in [5.41, 5.74) is 1.99. The van der Waals surface area contributed by atoms with Crippen LogP contribution in [-0.4, -0.2) is 40.2 Å². The van der Waals surface area contributed by atoms with E-state index in [2.05, 4.69) is 26.5 Å². The standard InChI is InChI=1S/C20H24N4O4/c25-17(22-13-11-15-6-2-1-3-7-15)14-27-19(26)10-9-18-23-20(24-28-18)16-8-4-5-12-21-16/h4-6,8,12H,1-3,7,9-11,13-14H2,(H,22,25). The Kier molecular flexibility index (Phi) is 7.29. The van der Waals surface area contributed by atoms with Crippen molar-refractivity contribution in [2.75, 3.05) is 13.2 Å². The molecule has 0 aliphatic heterocycles. The van der Waals surface area contributed by atoms with Crippen molar-refractivity contribution in [2.24, 2.45) is 0 Å². The van der Waals surface area contributed by atoms with Gasteiger partial charge in [-0.25, -0.2) is 0 Å². The van der Waals surface area contributed by atoms with Gasteiger partial charge in [0.25, 0.3) is 5.91 Å². The summed E-state index contributed by atoms with van der Waals surface area (Å²) in [7, 11) is 0. The average Bonchev–Trinajstić information content (AvgIpc) is 3.21. The lowest BCUT2D eigenvalue weighted by atomic mass is 9.97. The van der Waals surface area contributed by atoms with E-state index in [1.165, 1.54) is 18.4 Å². The Morgan fingerprint density at radius 1 is 1.21 bits per heavy atom. The number of carbonyl (C=O) groups excluding carboxylic acids is 2. The van der Waals surface area contributed by atoms with Gasteiger partial charge in [0.1, 0.15) is 5.69 Å². The molecule has 2 aromatic rings. The molecule has 1 amide bonds. The van der Waals surface area contributed by atoms with Gasteiger partial charge in [-0.15, -0.1) is 0 Å². The van der Waals surface area contributed by atoms with Crippen molar-refractivity contribution < 1.29 is 18.8 Å². The fourth-order valence-corrected chi connectivity index (χ4v) is 2.93. The molecule has 8 nitrogen and oxygen atoms in total. The van der Waals surface area contributed by atoms with Crippen molar-refractivity contribution >= 4 is 11.9 Å². The fraction of sp³-hybridized carbons (Fsp3) is 0.450. The minimum absolute atomic E-state index is 0.0595. The molecule has 3 rings (SSSR count). The van der Waals surface area contributed by atoms with Gasteiger partial charge >= 0.3 is 5.97 Å². The van der Waals surface area contributed by atoms with E-state index in [-0.39, 0.29) is 25.4 Å². The van der Waals surface area contributed by atoms with Gasteiger partial charge in [0.05, 0.1) is 6.42 Å². The maximum atomic E-state index is 11.8. The van der Waals surface area contributed by atoms with Crippen LogP contribution in [0.1, 0.15) is 44.4 Å². The van der Waals surface area contributed by atoms with Crippen LogP contribution in [0.25, 0.3) is 11.5 Å². The highest BCUT2D eigenvalue weighted by molar-refractivity contribution is 5.80. The number of hydrogen-bond acceptors (Lipinski definition) is 7. The highest BCUT2D eigenvalue weighted by Crippen LogP contribution is 2.19. The zero-order valence-corrected chi connectivity index (χ0v) is 15.7. The summed E-state index contributed by atoms with van der Waals surface area (Å²) in [6, 6.07) is 5.39. The van der Waals surface area contributed by atoms with Crippen LogP contribution in [0.3, 0.4) is 0 Å². The number of ether oxygens (including phenoxy) is 1. The van der Waals surface area contributed by atoms with Crippen LogP contribution in [0.5, 0.6) is 0 Å². The molecule has 0 bridgehead atoms. The van der Waals surface area contributed by atoms with Crippen molar-refractivity contribution in [3.63, 3.8) is 0 Å². The fourth-order valence-electron chi connectivity index (χ4n) is 2.93. The molecular formula is C20H24N4O4. The number of nitrogens with one attached hydrogen (secondary N) is 1. The molecule has 0 unspecified atom stereocenters. The Bertz CT molecular complexity index is 817. The molecule has 0 atom stereocenters. The Hall–Kier alpha value is -3.03. The molecule has 0 saturated carbocycles. The van der Waals surface area contributed by atoms with Crippen molar-refractivity contribution in [2.45, 2.75) is 44.9 Å². The third kappa shape index (κ3) is 6.29. The molecular weight excluding hydrogens is 360 g/mol. The molecule has 1 aliphatic rings. The lowest BCUT2D eigenvalue weighted by molar-refractivity contribution is -0.148. The van der Waals surface area contributed by atoms with Gasteiger partial charge in [0.15, 0.2) is 6.61 Å². The number of aromatic nitrogens is 3. The molecule has 2 aromatic heterocycles. The maximum absolute atomic E-state index is 11.8. The average molecular weight is 384 g/mol. The van der Waals surface area contributed by atoms with Crippen LogP contribution in [0.2, 0.25) is 0 Å². The van der Waals surface area contributed by atoms with E-state index in [0.717, 1.165) is 19.3 Å². The van der Waals surface area contributed by atoms with Crippen LogP contribution in [0.4, 0.5) is 0 Å². The number of carbonyl (C=O) groups is 2. The summed E-state index contributed by atoms with van der Waals surface area (Å²) < 4.78 is 10.1. The van der Waals surface area contributed by atoms with Crippen LogP contribution in [0, 0.1) is 0 Å². The first-order valence-corrected chi connectivity index (χ1v) is 9.55. The number of rotatable bonds is 9. The zero-order valence-electron chi connectivity index (χ0n) is 15.7. The Morgan fingerprint density at radius 2 is 2.14 bits per heavy atom. The zero-order chi connectivity index (χ0) is 19.6. The molecule has 0 saturated heterocycles. The molecule has 0 fully saturated rings. The third-order valence-corrected chi connectivity index (χ3v) is 4.42. The van der Waals surface area contributed by atoms with Crippen molar-refractivity contribution in [1.82, 2.24) is 20.4 Å². The van der Waals surface area contributed by atoms with Gasteiger partial charge in [-0.05, 0) is 44.2 Å². The number of pyridine rings is 1. The highest BCUT2D eigenvalue weighted by atomic mass is 16.5. The number of allylic oxidation sites excluding steroid dienone is 1. The van der Waals surface area contributed by atoms with Crippen LogP contribution in [0.15, 0.2) is 40.6 Å². The lowest BCUT2D eigenvalue weighted by Gasteiger charge is -2.12. The van der Waals surface area contributed by atoms with E-state index >= 15 is 0 Å². The summed E-state index contributed by atoms with van der Waals surface area (Å²) >= 11 is 0. The second kappa shape index (κ2) is 10.3. The second-order valence-corrected chi connectivity index (χ2v) is 6.60. The minimum Gasteiger partial charge on any atom is -0.456 e. The van der Waals surface area contributed by atoms with E-state index in [9.17, 15) is 9.59 Å². The van der Waals surface area contributed by atoms with Gasteiger partial charge in [0, 0.05) is 19.2 Å². The normalized spacial score (nSPS) is 13.6. The Morgan fingerprint density at radius 3 is 2.93 bits per heavy atom. The first kappa shape index (κ1) is 19.7. The number of amides is 1. The summed E-state index contributed by atoms with van der Waals surface area (Å²) in [5, 5.41) is 6.62. The summed E-state index contributed by atoms with van der Waals surface area (Å²) in [6.07, 6.45) is 9.77. The van der Waals surface area contributed by atoms with Gasteiger partial charge in [-0.2, -0.15) is 4.98 Å². The van der Waals surface area contributed by atoms with E-state index in [4.69, 9.17) is 9.26 Å². The largest absolute Gasteiger partial charge is 0.456 e. The first-order chi connectivity index (χ1) is 13.7. The van der Waals surface area contributed by atoms with E-state index in [1.807, 2.05) is 6.07 Å². The minimum atomic E-state index is -0.484. The Labute approximate surface area is 163 Å². The van der Waals surface area contributed by atoms with E-state index < -0.39 is 5.97 Å².